The third-order valence-electron chi connectivity index (χ3n) is 6.78. The summed E-state index contributed by atoms with van der Waals surface area (Å²) in [4.78, 5) is 26.8. The molecular formula is C30H24FN3O2. The number of aromatic nitrogens is 1. The van der Waals surface area contributed by atoms with Crippen molar-refractivity contribution < 1.29 is 9.18 Å². The molecule has 0 aliphatic carbocycles. The average Bonchev–Trinajstić information content (AvgIpc) is 2.87. The van der Waals surface area contributed by atoms with Crippen LogP contribution in [0.5, 0.6) is 0 Å². The molecule has 6 heteroatoms. The molecule has 36 heavy (non-hydrogen) atoms. The number of pyridine rings is 1. The monoisotopic (exact) mass is 477 g/mol. The fraction of sp³-hybridized carbons (Fsp3) is 0.167. The van der Waals surface area contributed by atoms with Gasteiger partial charge in [-0.2, -0.15) is 5.26 Å². The Bertz CT molecular complexity index is 1610. The van der Waals surface area contributed by atoms with Crippen molar-refractivity contribution >= 4 is 11.6 Å². The highest BCUT2D eigenvalue weighted by atomic mass is 19.1. The molecule has 1 aliphatic rings. The molecule has 0 fully saturated rings. The second-order valence-electron chi connectivity index (χ2n) is 9.13. The maximum atomic E-state index is 15.0. The molecule has 5 nitrogen and oxygen atoms in total. The summed E-state index contributed by atoms with van der Waals surface area (Å²) in [6.07, 6.45) is 2.80. The molecule has 0 spiro atoms. The van der Waals surface area contributed by atoms with Crippen molar-refractivity contribution in [1.29, 1.82) is 5.26 Å². The Kier molecular flexibility index (Phi) is 5.99. The summed E-state index contributed by atoms with van der Waals surface area (Å²) < 4.78 is 16.5. The molecular weight excluding hydrogens is 453 g/mol. The van der Waals surface area contributed by atoms with Gasteiger partial charge in [0.25, 0.3) is 5.91 Å². The number of halogens is 1. The summed E-state index contributed by atoms with van der Waals surface area (Å²) in [6, 6.07) is 21.4. The van der Waals surface area contributed by atoms with Crippen molar-refractivity contribution in [3.63, 3.8) is 0 Å². The highest BCUT2D eigenvalue weighted by molar-refractivity contribution is 6.09. The van der Waals surface area contributed by atoms with Crippen LogP contribution in [0.15, 0.2) is 77.7 Å². The second-order valence-corrected chi connectivity index (χ2v) is 9.13. The quantitative estimate of drug-likeness (QED) is 0.408. The molecule has 0 radical (unpaired) electrons. The normalized spacial score (nSPS) is 12.8. The van der Waals surface area contributed by atoms with Crippen LogP contribution in [0.3, 0.4) is 0 Å². The number of benzene rings is 3. The van der Waals surface area contributed by atoms with Gasteiger partial charge in [0.1, 0.15) is 11.9 Å². The van der Waals surface area contributed by atoms with Gasteiger partial charge in [0.05, 0.1) is 11.3 Å². The summed E-state index contributed by atoms with van der Waals surface area (Å²) in [5.41, 5.74) is 6.40. The van der Waals surface area contributed by atoms with Gasteiger partial charge < -0.3 is 9.47 Å². The number of aryl methyl sites for hydroxylation is 2. The van der Waals surface area contributed by atoms with Gasteiger partial charge in [-0.3, -0.25) is 9.59 Å². The minimum Gasteiger partial charge on any atom is -0.318 e. The van der Waals surface area contributed by atoms with E-state index in [2.05, 4.69) is 6.07 Å². The topological polar surface area (TPSA) is 66.1 Å². The molecule has 2 heterocycles. The summed E-state index contributed by atoms with van der Waals surface area (Å²) in [7, 11) is 1.64. The molecule has 1 aliphatic heterocycles. The summed E-state index contributed by atoms with van der Waals surface area (Å²) in [5, 5.41) is 9.48. The maximum absolute atomic E-state index is 15.0. The van der Waals surface area contributed by atoms with Crippen molar-refractivity contribution in [2.75, 3.05) is 11.4 Å². The van der Waals surface area contributed by atoms with E-state index in [1.54, 1.807) is 48.5 Å². The van der Waals surface area contributed by atoms with Gasteiger partial charge in [-0.25, -0.2) is 4.39 Å². The van der Waals surface area contributed by atoms with Crippen molar-refractivity contribution in [1.82, 2.24) is 4.57 Å². The Morgan fingerprint density at radius 3 is 2.56 bits per heavy atom. The molecule has 1 amide bonds. The van der Waals surface area contributed by atoms with E-state index in [1.807, 2.05) is 31.2 Å². The predicted octanol–water partition coefficient (Wildman–Crippen LogP) is 5.17. The SMILES string of the molecule is Cc1cc2c(cc1Cc1ccc(-c3ccc(=O)n(C)c3)c(F)c1)C(=O)N(c1ccccc1C#N)CC2. The molecule has 4 aromatic rings. The van der Waals surface area contributed by atoms with E-state index in [9.17, 15) is 14.9 Å². The lowest BCUT2D eigenvalue weighted by Crippen LogP contribution is -2.38. The van der Waals surface area contributed by atoms with Crippen molar-refractivity contribution in [2.45, 2.75) is 19.8 Å². The zero-order valence-electron chi connectivity index (χ0n) is 20.1. The Hall–Kier alpha value is -4.50. The van der Waals surface area contributed by atoms with Gasteiger partial charge in [-0.15, -0.1) is 0 Å². The lowest BCUT2D eigenvalue weighted by molar-refractivity contribution is 0.0980. The molecule has 3 aromatic carbocycles. The first-order chi connectivity index (χ1) is 17.4. The number of nitriles is 1. The van der Waals surface area contributed by atoms with Gasteiger partial charge in [0.2, 0.25) is 5.56 Å². The molecule has 0 saturated heterocycles. The lowest BCUT2D eigenvalue weighted by atomic mass is 9.90. The zero-order chi connectivity index (χ0) is 25.4. The van der Waals surface area contributed by atoms with E-state index in [1.165, 1.54) is 16.7 Å². The molecule has 178 valence electrons. The Morgan fingerprint density at radius 2 is 1.81 bits per heavy atom. The van der Waals surface area contributed by atoms with Gasteiger partial charge in [-0.1, -0.05) is 30.3 Å². The third-order valence-corrected chi connectivity index (χ3v) is 6.78. The Morgan fingerprint density at radius 1 is 1.00 bits per heavy atom. The van der Waals surface area contributed by atoms with Crippen LogP contribution in [0.25, 0.3) is 11.1 Å². The van der Waals surface area contributed by atoms with Crippen molar-refractivity contribution in [3.8, 4) is 17.2 Å². The summed E-state index contributed by atoms with van der Waals surface area (Å²) >= 11 is 0. The largest absolute Gasteiger partial charge is 0.318 e. The number of amides is 1. The van der Waals surface area contributed by atoms with Crippen molar-refractivity contribution in [3.05, 3.63) is 122 Å². The van der Waals surface area contributed by atoms with E-state index >= 15 is 4.39 Å². The van der Waals surface area contributed by atoms with Crippen LogP contribution in [-0.4, -0.2) is 17.0 Å². The number of carbonyl (C=O) groups is 1. The number of fused-ring (bicyclic) bond motifs is 1. The first kappa shape index (κ1) is 23.3. The molecule has 0 bridgehead atoms. The summed E-state index contributed by atoms with van der Waals surface area (Å²) in [6.45, 7) is 2.52. The van der Waals surface area contributed by atoms with E-state index < -0.39 is 0 Å². The predicted molar refractivity (Wildman–Crippen MR) is 138 cm³/mol. The zero-order valence-corrected chi connectivity index (χ0v) is 20.1. The van der Waals surface area contributed by atoms with Crippen LogP contribution in [0.2, 0.25) is 0 Å². The number of hydrogen-bond acceptors (Lipinski definition) is 3. The van der Waals surface area contributed by atoms with Crippen LogP contribution in [0, 0.1) is 24.1 Å². The highest BCUT2D eigenvalue weighted by Crippen LogP contribution is 2.30. The summed E-state index contributed by atoms with van der Waals surface area (Å²) in [5.74, 6) is -0.492. The molecule has 0 unspecified atom stereocenters. The van der Waals surface area contributed by atoms with Gasteiger partial charge in [0, 0.05) is 42.5 Å². The second kappa shape index (κ2) is 9.27. The Labute approximate surface area is 208 Å². The minimum absolute atomic E-state index is 0.128. The lowest BCUT2D eigenvalue weighted by Gasteiger charge is -2.30. The molecule has 0 atom stereocenters. The maximum Gasteiger partial charge on any atom is 0.258 e. The van der Waals surface area contributed by atoms with Crippen molar-refractivity contribution in [2.24, 2.45) is 7.05 Å². The first-order valence-electron chi connectivity index (χ1n) is 11.7. The minimum atomic E-state index is -0.364. The Balaban J connectivity index is 1.45. The van der Waals surface area contributed by atoms with Crippen LogP contribution >= 0.6 is 0 Å². The number of nitrogens with zero attached hydrogens (tertiary/aromatic N) is 3. The number of carbonyl (C=O) groups excluding carboxylic acids is 1. The van der Waals surface area contributed by atoms with E-state index in [0.29, 0.717) is 47.3 Å². The van der Waals surface area contributed by atoms with Crippen LogP contribution in [0.1, 0.15) is 38.2 Å². The van der Waals surface area contributed by atoms with Crippen LogP contribution in [0.4, 0.5) is 10.1 Å². The van der Waals surface area contributed by atoms with Gasteiger partial charge >= 0.3 is 0 Å². The van der Waals surface area contributed by atoms with E-state index in [0.717, 1.165) is 22.3 Å². The number of hydrogen-bond donors (Lipinski definition) is 0. The fourth-order valence-corrected chi connectivity index (χ4v) is 4.80. The van der Waals surface area contributed by atoms with Crippen LogP contribution < -0.4 is 10.5 Å². The van der Waals surface area contributed by atoms with Crippen LogP contribution in [-0.2, 0) is 19.9 Å². The van der Waals surface area contributed by atoms with E-state index in [4.69, 9.17) is 0 Å². The number of rotatable bonds is 4. The van der Waals surface area contributed by atoms with E-state index in [-0.39, 0.29) is 17.3 Å². The highest BCUT2D eigenvalue weighted by Gasteiger charge is 2.28. The van der Waals surface area contributed by atoms with Gasteiger partial charge in [0.15, 0.2) is 0 Å². The third kappa shape index (κ3) is 4.20. The number of para-hydroxylation sites is 1. The molecule has 0 N–H and O–H groups in total. The fourth-order valence-electron chi connectivity index (χ4n) is 4.80. The number of anilines is 1. The van der Waals surface area contributed by atoms with Gasteiger partial charge in [-0.05, 0) is 72.4 Å². The average molecular weight is 478 g/mol. The molecule has 5 rings (SSSR count). The first-order valence-corrected chi connectivity index (χ1v) is 11.7. The standard InChI is InChI=1S/C30H24FN3O2/c1-19-13-21-11-12-34(28-6-4-3-5-22(28)17-32)30(36)26(21)16-24(19)14-20-7-9-25(27(31)15-20)23-8-10-29(35)33(2)18-23/h3-10,13,15-16,18H,11-12,14H2,1-2H3. The smallest absolute Gasteiger partial charge is 0.258 e. The molecule has 1 aromatic heterocycles. The molecule has 0 saturated carbocycles.